The molecular formula is C26H23N3O3. The highest BCUT2D eigenvalue weighted by atomic mass is 16.5. The number of benzene rings is 3. The molecule has 0 aliphatic rings. The van der Waals surface area contributed by atoms with Gasteiger partial charge >= 0.3 is 0 Å². The number of hydrogen-bond donors (Lipinski definition) is 2. The van der Waals surface area contributed by atoms with Crippen LogP contribution in [0.1, 0.15) is 16.7 Å². The standard InChI is InChI=1S/C26H23N3O3/c1-18-7-5-10-22(13-18)28-25(30)17-32-24-12-4-3-9-20(24)15-21(16-27)26(31)29-23-11-6-8-19(2)14-23/h3-15H,17H2,1-2H3,(H,28,30)(H,29,31)/b21-15+. The number of carbonyl (C=O) groups excluding carboxylic acids is 2. The van der Waals surface area contributed by atoms with Crippen LogP contribution in [-0.2, 0) is 9.59 Å². The van der Waals surface area contributed by atoms with Crippen molar-refractivity contribution in [2.75, 3.05) is 17.2 Å². The summed E-state index contributed by atoms with van der Waals surface area (Å²) in [7, 11) is 0. The normalized spacial score (nSPS) is 10.7. The van der Waals surface area contributed by atoms with Gasteiger partial charge in [0, 0.05) is 16.9 Å². The third kappa shape index (κ3) is 6.31. The van der Waals surface area contributed by atoms with Gasteiger partial charge in [0.15, 0.2) is 6.61 Å². The van der Waals surface area contributed by atoms with Crippen molar-refractivity contribution < 1.29 is 14.3 Å². The van der Waals surface area contributed by atoms with E-state index in [0.717, 1.165) is 11.1 Å². The Hall–Kier alpha value is -4.37. The number of nitrogens with one attached hydrogen (secondary N) is 2. The first-order valence-corrected chi connectivity index (χ1v) is 10.0. The van der Waals surface area contributed by atoms with Crippen LogP contribution in [0.3, 0.4) is 0 Å². The van der Waals surface area contributed by atoms with Crippen LogP contribution in [0.2, 0.25) is 0 Å². The van der Waals surface area contributed by atoms with Crippen molar-refractivity contribution in [3.63, 3.8) is 0 Å². The number of amides is 2. The molecule has 32 heavy (non-hydrogen) atoms. The Kier molecular flexibility index (Phi) is 7.39. The minimum Gasteiger partial charge on any atom is -0.483 e. The molecule has 6 heteroatoms. The van der Waals surface area contributed by atoms with Gasteiger partial charge in [-0.2, -0.15) is 5.26 Å². The molecule has 2 N–H and O–H groups in total. The zero-order chi connectivity index (χ0) is 22.9. The Morgan fingerprint density at radius 3 is 2.16 bits per heavy atom. The Morgan fingerprint density at radius 2 is 1.53 bits per heavy atom. The number of ether oxygens (including phenoxy) is 1. The van der Waals surface area contributed by atoms with Crippen molar-refractivity contribution in [2.45, 2.75) is 13.8 Å². The van der Waals surface area contributed by atoms with E-state index in [-0.39, 0.29) is 18.1 Å². The van der Waals surface area contributed by atoms with E-state index in [1.165, 1.54) is 6.08 Å². The van der Waals surface area contributed by atoms with E-state index in [4.69, 9.17) is 4.74 Å². The molecule has 160 valence electrons. The summed E-state index contributed by atoms with van der Waals surface area (Å²) in [5.41, 5.74) is 3.76. The van der Waals surface area contributed by atoms with Gasteiger partial charge in [-0.25, -0.2) is 0 Å². The monoisotopic (exact) mass is 425 g/mol. The number of hydrogen-bond acceptors (Lipinski definition) is 4. The maximum Gasteiger partial charge on any atom is 0.266 e. The summed E-state index contributed by atoms with van der Waals surface area (Å²) in [6.07, 6.45) is 1.44. The van der Waals surface area contributed by atoms with Crippen molar-refractivity contribution in [1.29, 1.82) is 5.26 Å². The van der Waals surface area contributed by atoms with Crippen molar-refractivity contribution >= 4 is 29.3 Å². The highest BCUT2D eigenvalue weighted by molar-refractivity contribution is 6.09. The summed E-state index contributed by atoms with van der Waals surface area (Å²) >= 11 is 0. The van der Waals surface area contributed by atoms with Crippen LogP contribution in [0.15, 0.2) is 78.4 Å². The molecule has 3 rings (SSSR count). The van der Waals surface area contributed by atoms with Crippen LogP contribution in [0.4, 0.5) is 11.4 Å². The van der Waals surface area contributed by atoms with E-state index in [9.17, 15) is 14.9 Å². The molecule has 0 aliphatic carbocycles. The largest absolute Gasteiger partial charge is 0.483 e. The molecule has 0 spiro atoms. The first-order chi connectivity index (χ1) is 15.4. The number of rotatable bonds is 7. The van der Waals surface area contributed by atoms with E-state index < -0.39 is 5.91 Å². The molecule has 0 fully saturated rings. The third-order valence-electron chi connectivity index (χ3n) is 4.52. The molecule has 2 amide bonds. The number of carbonyl (C=O) groups is 2. The zero-order valence-corrected chi connectivity index (χ0v) is 17.9. The Balaban J connectivity index is 1.70. The maximum atomic E-state index is 12.6. The SMILES string of the molecule is Cc1cccc(NC(=O)COc2ccccc2/C=C(\C#N)C(=O)Nc2cccc(C)c2)c1. The molecule has 3 aromatic rings. The molecule has 0 saturated heterocycles. The van der Waals surface area contributed by atoms with E-state index in [0.29, 0.717) is 22.7 Å². The Morgan fingerprint density at radius 1 is 0.906 bits per heavy atom. The summed E-state index contributed by atoms with van der Waals surface area (Å²) in [5.74, 6) is -0.444. The quantitative estimate of drug-likeness (QED) is 0.417. The second-order valence-electron chi connectivity index (χ2n) is 7.24. The van der Waals surface area contributed by atoms with Gasteiger partial charge in [0.25, 0.3) is 11.8 Å². The van der Waals surface area contributed by atoms with Crippen LogP contribution in [0.5, 0.6) is 5.75 Å². The predicted molar refractivity (Wildman–Crippen MR) is 125 cm³/mol. The summed E-state index contributed by atoms with van der Waals surface area (Å²) in [6, 6.07) is 23.6. The number of anilines is 2. The summed E-state index contributed by atoms with van der Waals surface area (Å²) in [5, 5.41) is 15.0. The van der Waals surface area contributed by atoms with Gasteiger partial charge in [-0.1, -0.05) is 42.5 Å². The van der Waals surface area contributed by atoms with Crippen molar-refractivity contribution in [1.82, 2.24) is 0 Å². The number of nitriles is 1. The van der Waals surface area contributed by atoms with Crippen LogP contribution in [-0.4, -0.2) is 18.4 Å². The average Bonchev–Trinajstić information content (AvgIpc) is 2.76. The van der Waals surface area contributed by atoms with Gasteiger partial charge in [0.1, 0.15) is 17.4 Å². The average molecular weight is 425 g/mol. The molecule has 0 heterocycles. The third-order valence-corrected chi connectivity index (χ3v) is 4.52. The summed E-state index contributed by atoms with van der Waals surface area (Å²) < 4.78 is 5.66. The first kappa shape index (κ1) is 22.3. The summed E-state index contributed by atoms with van der Waals surface area (Å²) in [6.45, 7) is 3.65. The number of nitrogens with zero attached hydrogens (tertiary/aromatic N) is 1. The fourth-order valence-electron chi connectivity index (χ4n) is 3.02. The molecule has 0 saturated carbocycles. The fourth-order valence-corrected chi connectivity index (χ4v) is 3.02. The molecule has 0 bridgehead atoms. The molecule has 3 aromatic carbocycles. The van der Waals surface area contributed by atoms with E-state index in [1.807, 2.05) is 56.3 Å². The van der Waals surface area contributed by atoms with Crippen LogP contribution >= 0.6 is 0 Å². The molecule has 6 nitrogen and oxygen atoms in total. The highest BCUT2D eigenvalue weighted by Crippen LogP contribution is 2.22. The van der Waals surface area contributed by atoms with Gasteiger partial charge in [-0.3, -0.25) is 9.59 Å². The Labute approximate surface area is 187 Å². The molecular weight excluding hydrogens is 402 g/mol. The highest BCUT2D eigenvalue weighted by Gasteiger charge is 2.12. The summed E-state index contributed by atoms with van der Waals surface area (Å²) in [4.78, 5) is 24.8. The van der Waals surface area contributed by atoms with Crippen molar-refractivity contribution in [3.8, 4) is 11.8 Å². The topological polar surface area (TPSA) is 91.2 Å². The van der Waals surface area contributed by atoms with Crippen LogP contribution < -0.4 is 15.4 Å². The van der Waals surface area contributed by atoms with Gasteiger partial charge in [0.05, 0.1) is 0 Å². The van der Waals surface area contributed by atoms with Gasteiger partial charge in [-0.05, 0) is 61.4 Å². The van der Waals surface area contributed by atoms with E-state index in [2.05, 4.69) is 10.6 Å². The van der Waals surface area contributed by atoms with Crippen molar-refractivity contribution in [3.05, 3.63) is 95.1 Å². The predicted octanol–water partition coefficient (Wildman–Crippen LogP) is 4.87. The lowest BCUT2D eigenvalue weighted by Crippen LogP contribution is -2.20. The lowest BCUT2D eigenvalue weighted by molar-refractivity contribution is -0.118. The maximum absolute atomic E-state index is 12.6. The van der Waals surface area contributed by atoms with Gasteiger partial charge < -0.3 is 15.4 Å². The minimum atomic E-state index is -0.523. The molecule has 0 unspecified atom stereocenters. The van der Waals surface area contributed by atoms with Crippen LogP contribution in [0.25, 0.3) is 6.08 Å². The van der Waals surface area contributed by atoms with Gasteiger partial charge in [-0.15, -0.1) is 0 Å². The zero-order valence-electron chi connectivity index (χ0n) is 17.9. The molecule has 0 radical (unpaired) electrons. The molecule has 0 aliphatic heterocycles. The smallest absolute Gasteiger partial charge is 0.266 e. The lowest BCUT2D eigenvalue weighted by atomic mass is 10.1. The van der Waals surface area contributed by atoms with E-state index >= 15 is 0 Å². The minimum absolute atomic E-state index is 0.0771. The van der Waals surface area contributed by atoms with E-state index in [1.54, 1.807) is 36.4 Å². The second kappa shape index (κ2) is 10.6. The molecule has 0 atom stereocenters. The lowest BCUT2D eigenvalue weighted by Gasteiger charge is -2.11. The first-order valence-electron chi connectivity index (χ1n) is 10.0. The Bertz CT molecular complexity index is 1210. The molecule has 0 aromatic heterocycles. The number of para-hydroxylation sites is 1. The van der Waals surface area contributed by atoms with Gasteiger partial charge in [0.2, 0.25) is 0 Å². The van der Waals surface area contributed by atoms with Crippen molar-refractivity contribution in [2.24, 2.45) is 0 Å². The van der Waals surface area contributed by atoms with Crippen LogP contribution in [0, 0.1) is 25.2 Å². The second-order valence-corrected chi connectivity index (χ2v) is 7.24. The fraction of sp³-hybridized carbons (Fsp3) is 0.115. The number of aryl methyl sites for hydroxylation is 2.